The number of rotatable bonds is 7. The van der Waals surface area contributed by atoms with Crippen LogP contribution in [0, 0.1) is 0 Å². The molecule has 0 heterocycles. The van der Waals surface area contributed by atoms with Gasteiger partial charge in [0.25, 0.3) is 0 Å². The summed E-state index contributed by atoms with van der Waals surface area (Å²) in [6.07, 6.45) is 0.586. The number of aliphatic hydroxyl groups is 1. The first-order valence-corrected chi connectivity index (χ1v) is 7.54. The molecule has 0 spiro atoms. The molecule has 0 aliphatic heterocycles. The number of aliphatic hydroxyl groups excluding tert-OH is 1. The quantitative estimate of drug-likeness (QED) is 0.688. The SMILES string of the molecule is O=C(Nc1ccccc1)[C@H](NCCCO)c1ccc(Cl)cc1. The van der Waals surface area contributed by atoms with Crippen LogP contribution in [0.4, 0.5) is 5.69 Å². The minimum atomic E-state index is -0.496. The number of para-hydroxylation sites is 1. The highest BCUT2D eigenvalue weighted by molar-refractivity contribution is 6.30. The predicted octanol–water partition coefficient (Wildman–Crippen LogP) is 2.99. The van der Waals surface area contributed by atoms with Gasteiger partial charge in [-0.1, -0.05) is 41.9 Å². The van der Waals surface area contributed by atoms with Crippen LogP contribution in [-0.2, 0) is 4.79 Å². The zero-order chi connectivity index (χ0) is 15.8. The molecular formula is C17H19ClN2O2. The van der Waals surface area contributed by atoms with Crippen LogP contribution in [0.2, 0.25) is 5.02 Å². The van der Waals surface area contributed by atoms with E-state index in [9.17, 15) is 4.79 Å². The maximum atomic E-state index is 12.5. The van der Waals surface area contributed by atoms with Gasteiger partial charge in [-0.05, 0) is 42.8 Å². The normalized spacial score (nSPS) is 11.9. The van der Waals surface area contributed by atoms with Gasteiger partial charge in [0.2, 0.25) is 5.91 Å². The first-order chi connectivity index (χ1) is 10.7. The second-order valence-corrected chi connectivity index (χ2v) is 5.31. The number of benzene rings is 2. The van der Waals surface area contributed by atoms with E-state index in [4.69, 9.17) is 16.7 Å². The molecule has 0 saturated carbocycles. The summed E-state index contributed by atoms with van der Waals surface area (Å²) in [4.78, 5) is 12.5. The first-order valence-electron chi connectivity index (χ1n) is 7.16. The van der Waals surface area contributed by atoms with Gasteiger partial charge in [0.1, 0.15) is 6.04 Å². The molecule has 1 atom stereocenters. The Balaban J connectivity index is 2.12. The van der Waals surface area contributed by atoms with Gasteiger partial charge >= 0.3 is 0 Å². The highest BCUT2D eigenvalue weighted by Crippen LogP contribution is 2.19. The lowest BCUT2D eigenvalue weighted by Gasteiger charge is -2.19. The third kappa shape index (κ3) is 4.84. The molecule has 0 unspecified atom stereocenters. The zero-order valence-corrected chi connectivity index (χ0v) is 12.9. The number of nitrogens with one attached hydrogen (secondary N) is 2. The molecule has 5 heteroatoms. The molecule has 0 saturated heterocycles. The van der Waals surface area contributed by atoms with Gasteiger partial charge in [-0.25, -0.2) is 0 Å². The third-order valence-electron chi connectivity index (χ3n) is 3.19. The number of hydrogen-bond acceptors (Lipinski definition) is 3. The van der Waals surface area contributed by atoms with Crippen molar-refractivity contribution in [3.8, 4) is 0 Å². The van der Waals surface area contributed by atoms with Crippen molar-refractivity contribution in [2.75, 3.05) is 18.5 Å². The van der Waals surface area contributed by atoms with Crippen molar-refractivity contribution in [1.82, 2.24) is 5.32 Å². The molecule has 4 nitrogen and oxygen atoms in total. The number of anilines is 1. The van der Waals surface area contributed by atoms with E-state index >= 15 is 0 Å². The topological polar surface area (TPSA) is 61.4 Å². The fourth-order valence-electron chi connectivity index (χ4n) is 2.08. The van der Waals surface area contributed by atoms with Crippen molar-refractivity contribution in [3.63, 3.8) is 0 Å². The van der Waals surface area contributed by atoms with Crippen LogP contribution in [0.3, 0.4) is 0 Å². The van der Waals surface area contributed by atoms with Gasteiger partial charge < -0.3 is 15.7 Å². The molecule has 0 aromatic heterocycles. The summed E-state index contributed by atoms with van der Waals surface area (Å²) < 4.78 is 0. The average Bonchev–Trinajstić information content (AvgIpc) is 2.54. The Kier molecular flexibility index (Phi) is 6.40. The molecule has 0 aliphatic carbocycles. The largest absolute Gasteiger partial charge is 0.396 e. The highest BCUT2D eigenvalue weighted by atomic mass is 35.5. The van der Waals surface area contributed by atoms with Crippen LogP contribution >= 0.6 is 11.6 Å². The molecule has 0 bridgehead atoms. The Morgan fingerprint density at radius 3 is 2.41 bits per heavy atom. The minimum Gasteiger partial charge on any atom is -0.396 e. The highest BCUT2D eigenvalue weighted by Gasteiger charge is 2.19. The van der Waals surface area contributed by atoms with E-state index in [2.05, 4.69) is 10.6 Å². The molecule has 1 amide bonds. The van der Waals surface area contributed by atoms with E-state index in [1.165, 1.54) is 0 Å². The number of hydrogen-bond donors (Lipinski definition) is 3. The van der Waals surface area contributed by atoms with Gasteiger partial charge in [0.05, 0.1) is 0 Å². The lowest BCUT2D eigenvalue weighted by Crippen LogP contribution is -2.33. The fraction of sp³-hybridized carbons (Fsp3) is 0.235. The molecule has 3 N–H and O–H groups in total. The van der Waals surface area contributed by atoms with Crippen LogP contribution in [0.25, 0.3) is 0 Å². The molecule has 116 valence electrons. The van der Waals surface area contributed by atoms with E-state index in [1.54, 1.807) is 12.1 Å². The summed E-state index contributed by atoms with van der Waals surface area (Å²) in [5, 5.41) is 15.6. The van der Waals surface area contributed by atoms with Gasteiger partial charge in [-0.15, -0.1) is 0 Å². The summed E-state index contributed by atoms with van der Waals surface area (Å²) >= 11 is 5.90. The monoisotopic (exact) mass is 318 g/mol. The third-order valence-corrected chi connectivity index (χ3v) is 3.44. The standard InChI is InChI=1S/C17H19ClN2O2/c18-14-9-7-13(8-10-14)16(19-11-4-12-21)17(22)20-15-5-2-1-3-6-15/h1-3,5-10,16,19,21H,4,11-12H2,(H,20,22)/t16-/m1/s1. The van der Waals surface area contributed by atoms with E-state index in [1.807, 2.05) is 42.5 Å². The zero-order valence-electron chi connectivity index (χ0n) is 12.1. The van der Waals surface area contributed by atoms with Crippen LogP contribution in [0.15, 0.2) is 54.6 Å². The second kappa shape index (κ2) is 8.54. The Hall–Kier alpha value is -1.88. The molecule has 0 radical (unpaired) electrons. The van der Waals surface area contributed by atoms with Crippen molar-refractivity contribution in [2.24, 2.45) is 0 Å². The molecule has 22 heavy (non-hydrogen) atoms. The van der Waals surface area contributed by atoms with Crippen molar-refractivity contribution in [3.05, 3.63) is 65.2 Å². The molecule has 0 aliphatic rings. The second-order valence-electron chi connectivity index (χ2n) is 4.87. The van der Waals surface area contributed by atoms with Gasteiger partial charge in [-0.2, -0.15) is 0 Å². The van der Waals surface area contributed by atoms with E-state index in [0.29, 0.717) is 18.0 Å². The Bertz CT molecular complexity index is 587. The fourth-order valence-corrected chi connectivity index (χ4v) is 2.20. The van der Waals surface area contributed by atoms with Crippen molar-refractivity contribution in [1.29, 1.82) is 0 Å². The van der Waals surface area contributed by atoms with Crippen LogP contribution in [-0.4, -0.2) is 24.2 Å². The maximum Gasteiger partial charge on any atom is 0.246 e. The number of amides is 1. The summed E-state index contributed by atoms with van der Waals surface area (Å²) in [5.41, 5.74) is 1.58. The van der Waals surface area contributed by atoms with Crippen molar-refractivity contribution >= 4 is 23.2 Å². The van der Waals surface area contributed by atoms with Crippen LogP contribution < -0.4 is 10.6 Å². The molecule has 2 aromatic carbocycles. The minimum absolute atomic E-state index is 0.0840. The summed E-state index contributed by atoms with van der Waals surface area (Å²) in [5.74, 6) is -0.147. The Labute approximate surface area is 135 Å². The van der Waals surface area contributed by atoms with Crippen molar-refractivity contribution in [2.45, 2.75) is 12.5 Å². The van der Waals surface area contributed by atoms with Gasteiger partial charge in [0, 0.05) is 17.3 Å². The maximum absolute atomic E-state index is 12.5. The first kappa shape index (κ1) is 16.5. The molecular weight excluding hydrogens is 300 g/mol. The Morgan fingerprint density at radius 1 is 1.09 bits per heavy atom. The van der Waals surface area contributed by atoms with Crippen LogP contribution in [0.5, 0.6) is 0 Å². The number of carbonyl (C=O) groups is 1. The van der Waals surface area contributed by atoms with Gasteiger partial charge in [0.15, 0.2) is 0 Å². The Morgan fingerprint density at radius 2 is 1.77 bits per heavy atom. The lowest BCUT2D eigenvalue weighted by molar-refractivity contribution is -0.118. The van der Waals surface area contributed by atoms with Gasteiger partial charge in [-0.3, -0.25) is 4.79 Å². The predicted molar refractivity (Wildman–Crippen MR) is 89.0 cm³/mol. The van der Waals surface area contributed by atoms with Crippen molar-refractivity contribution < 1.29 is 9.90 Å². The molecule has 0 fully saturated rings. The summed E-state index contributed by atoms with van der Waals surface area (Å²) in [7, 11) is 0. The lowest BCUT2D eigenvalue weighted by atomic mass is 10.1. The van der Waals surface area contributed by atoms with Crippen LogP contribution in [0.1, 0.15) is 18.0 Å². The summed E-state index contributed by atoms with van der Waals surface area (Å²) in [6, 6.07) is 16.0. The van der Waals surface area contributed by atoms with E-state index < -0.39 is 6.04 Å². The smallest absolute Gasteiger partial charge is 0.246 e. The molecule has 2 aromatic rings. The average molecular weight is 319 g/mol. The van der Waals surface area contributed by atoms with E-state index in [-0.39, 0.29) is 12.5 Å². The number of carbonyl (C=O) groups excluding carboxylic acids is 1. The van der Waals surface area contributed by atoms with E-state index in [0.717, 1.165) is 11.3 Å². The number of halogens is 1. The molecule has 2 rings (SSSR count). The summed E-state index contributed by atoms with van der Waals surface area (Å²) in [6.45, 7) is 0.632.